The largest absolute Gasteiger partial charge is 0.457 e. The number of hydrogen-bond donors (Lipinski definition) is 0. The van der Waals surface area contributed by atoms with Crippen LogP contribution >= 0.6 is 0 Å². The molecule has 0 amide bonds. The maximum atomic E-state index is 6.73. The molecule has 8 aromatic carbocycles. The molecule has 1 spiro atoms. The molecule has 0 bridgehead atoms. The Morgan fingerprint density at radius 3 is 1.84 bits per heavy atom. The van der Waals surface area contributed by atoms with E-state index in [0.29, 0.717) is 0 Å². The van der Waals surface area contributed by atoms with Crippen molar-refractivity contribution < 1.29 is 4.74 Å². The summed E-state index contributed by atoms with van der Waals surface area (Å²) in [6, 6.07) is 67.9. The summed E-state index contributed by atoms with van der Waals surface area (Å²) in [4.78, 5) is 2.38. The number of rotatable bonds is 4. The van der Waals surface area contributed by atoms with Crippen molar-refractivity contribution in [1.29, 1.82) is 0 Å². The summed E-state index contributed by atoms with van der Waals surface area (Å²) in [7, 11) is 0. The number of benzene rings is 8. The molecule has 10 rings (SSSR count). The summed E-state index contributed by atoms with van der Waals surface area (Å²) < 4.78 is 6.73. The summed E-state index contributed by atoms with van der Waals surface area (Å²) in [5, 5.41) is 2.44. The van der Waals surface area contributed by atoms with Gasteiger partial charge in [-0.2, -0.15) is 0 Å². The zero-order valence-corrected chi connectivity index (χ0v) is 26.8. The maximum Gasteiger partial charge on any atom is 0.132 e. The van der Waals surface area contributed by atoms with Gasteiger partial charge in [0.1, 0.15) is 11.5 Å². The smallest absolute Gasteiger partial charge is 0.132 e. The SMILES string of the molecule is c1ccc(-c2ccc3c(c2)C2(c4ccccc4O3)c3ccccc3-c3ccc(N(c4ccccc4)c4ccc5ccccc5c4)cc32)cc1. The van der Waals surface area contributed by atoms with Gasteiger partial charge in [0.05, 0.1) is 5.41 Å². The van der Waals surface area contributed by atoms with Gasteiger partial charge in [0.25, 0.3) is 0 Å². The minimum atomic E-state index is -0.581. The van der Waals surface area contributed by atoms with Crippen LogP contribution in [0.3, 0.4) is 0 Å². The zero-order valence-electron chi connectivity index (χ0n) is 26.8. The molecule has 2 aliphatic rings. The van der Waals surface area contributed by atoms with Crippen LogP contribution in [-0.4, -0.2) is 0 Å². The lowest BCUT2D eigenvalue weighted by atomic mass is 9.65. The third-order valence-corrected chi connectivity index (χ3v) is 10.3. The predicted octanol–water partition coefficient (Wildman–Crippen LogP) is 12.4. The van der Waals surface area contributed by atoms with Crippen LogP contribution < -0.4 is 9.64 Å². The Hall–Kier alpha value is -6.38. The molecule has 1 aliphatic carbocycles. The van der Waals surface area contributed by atoms with Crippen molar-refractivity contribution in [2.45, 2.75) is 5.41 Å². The lowest BCUT2D eigenvalue weighted by Crippen LogP contribution is -2.32. The second-order valence-corrected chi connectivity index (χ2v) is 12.9. The average Bonchev–Trinajstić information content (AvgIpc) is 3.46. The number of fused-ring (bicyclic) bond motifs is 10. The van der Waals surface area contributed by atoms with Gasteiger partial charge < -0.3 is 9.64 Å². The van der Waals surface area contributed by atoms with Gasteiger partial charge in [-0.1, -0.05) is 133 Å². The highest BCUT2D eigenvalue weighted by Crippen LogP contribution is 2.63. The first-order valence-corrected chi connectivity index (χ1v) is 16.8. The molecule has 0 aromatic heterocycles. The summed E-state index contributed by atoms with van der Waals surface area (Å²) in [6.07, 6.45) is 0. The Labute approximate surface area is 286 Å². The lowest BCUT2D eigenvalue weighted by Gasteiger charge is -2.40. The van der Waals surface area contributed by atoms with E-state index in [1.54, 1.807) is 0 Å². The van der Waals surface area contributed by atoms with E-state index < -0.39 is 5.41 Å². The van der Waals surface area contributed by atoms with Crippen LogP contribution in [0.5, 0.6) is 11.5 Å². The molecule has 2 nitrogen and oxygen atoms in total. The van der Waals surface area contributed by atoms with Gasteiger partial charge >= 0.3 is 0 Å². The first-order chi connectivity index (χ1) is 24.3. The van der Waals surface area contributed by atoms with Gasteiger partial charge in [-0.05, 0) is 98.8 Å². The van der Waals surface area contributed by atoms with Crippen LogP contribution in [-0.2, 0) is 5.41 Å². The molecule has 1 atom stereocenters. The van der Waals surface area contributed by atoms with Crippen LogP contribution in [0.4, 0.5) is 17.1 Å². The quantitative estimate of drug-likeness (QED) is 0.193. The number of para-hydroxylation sites is 2. The summed E-state index contributed by atoms with van der Waals surface area (Å²) >= 11 is 0. The van der Waals surface area contributed by atoms with E-state index in [1.807, 2.05) is 0 Å². The van der Waals surface area contributed by atoms with E-state index in [1.165, 1.54) is 44.2 Å². The third kappa shape index (κ3) is 4.14. The summed E-state index contributed by atoms with van der Waals surface area (Å²) in [5.74, 6) is 1.78. The molecule has 0 fully saturated rings. The van der Waals surface area contributed by atoms with Crippen LogP contribution in [0.2, 0.25) is 0 Å². The fourth-order valence-electron chi connectivity index (χ4n) is 8.18. The van der Waals surface area contributed by atoms with E-state index in [-0.39, 0.29) is 0 Å². The van der Waals surface area contributed by atoms with Crippen molar-refractivity contribution in [2.75, 3.05) is 4.90 Å². The minimum absolute atomic E-state index is 0.581. The maximum absolute atomic E-state index is 6.73. The molecular formula is C47H31NO. The van der Waals surface area contributed by atoms with Crippen molar-refractivity contribution in [2.24, 2.45) is 0 Å². The predicted molar refractivity (Wildman–Crippen MR) is 201 cm³/mol. The molecule has 0 saturated carbocycles. The molecular weight excluding hydrogens is 595 g/mol. The van der Waals surface area contributed by atoms with E-state index >= 15 is 0 Å². The Kier molecular flexibility index (Phi) is 6.13. The second kappa shape index (κ2) is 10.8. The van der Waals surface area contributed by atoms with Gasteiger partial charge in [0.2, 0.25) is 0 Å². The van der Waals surface area contributed by atoms with Gasteiger partial charge in [0, 0.05) is 28.2 Å². The van der Waals surface area contributed by atoms with Crippen molar-refractivity contribution in [1.82, 2.24) is 0 Å². The monoisotopic (exact) mass is 625 g/mol. The van der Waals surface area contributed by atoms with Crippen molar-refractivity contribution in [3.05, 3.63) is 210 Å². The molecule has 0 saturated heterocycles. The molecule has 0 radical (unpaired) electrons. The molecule has 1 aliphatic heterocycles. The van der Waals surface area contributed by atoms with Gasteiger partial charge in [-0.25, -0.2) is 0 Å². The number of ether oxygens (including phenoxy) is 1. The normalized spacial score (nSPS) is 15.2. The van der Waals surface area contributed by atoms with Crippen molar-refractivity contribution in [3.8, 4) is 33.8 Å². The van der Waals surface area contributed by atoms with Crippen LogP contribution in [0.25, 0.3) is 33.0 Å². The van der Waals surface area contributed by atoms with Crippen LogP contribution in [0.15, 0.2) is 188 Å². The second-order valence-electron chi connectivity index (χ2n) is 12.9. The zero-order chi connectivity index (χ0) is 32.4. The molecule has 2 heteroatoms. The topological polar surface area (TPSA) is 12.5 Å². The summed E-state index contributed by atoms with van der Waals surface area (Å²) in [5.41, 5.74) is 12.5. The van der Waals surface area contributed by atoms with Crippen molar-refractivity contribution >= 4 is 27.8 Å². The van der Waals surface area contributed by atoms with Gasteiger partial charge in [0.15, 0.2) is 0 Å². The number of hydrogen-bond acceptors (Lipinski definition) is 2. The Bertz CT molecular complexity index is 2540. The standard InChI is InChI=1S/C47H31NO/c1-3-13-32(14-4-1)35-24-28-46-44(30-35)47(42-21-11-12-22-45(42)49-46)41-20-10-9-19-39(41)40-27-26-38(31-43(40)47)48(36-17-5-2-6-18-36)37-25-23-33-15-7-8-16-34(33)29-37/h1-31H. The van der Waals surface area contributed by atoms with Crippen molar-refractivity contribution in [3.63, 3.8) is 0 Å². The Morgan fingerprint density at radius 1 is 0.347 bits per heavy atom. The third-order valence-electron chi connectivity index (χ3n) is 10.3. The fourth-order valence-corrected chi connectivity index (χ4v) is 8.18. The van der Waals surface area contributed by atoms with E-state index in [9.17, 15) is 0 Å². The molecule has 49 heavy (non-hydrogen) atoms. The van der Waals surface area contributed by atoms with E-state index in [0.717, 1.165) is 39.7 Å². The molecule has 8 aromatic rings. The fraction of sp³-hybridized carbons (Fsp3) is 0.0213. The molecule has 1 heterocycles. The highest BCUT2D eigenvalue weighted by atomic mass is 16.5. The highest BCUT2D eigenvalue weighted by Gasteiger charge is 2.51. The molecule has 230 valence electrons. The highest BCUT2D eigenvalue weighted by molar-refractivity contribution is 5.93. The Morgan fingerprint density at radius 2 is 0.980 bits per heavy atom. The molecule has 0 N–H and O–H groups in total. The first-order valence-electron chi connectivity index (χ1n) is 16.8. The lowest BCUT2D eigenvalue weighted by molar-refractivity contribution is 0.436. The molecule has 1 unspecified atom stereocenters. The average molecular weight is 626 g/mol. The van der Waals surface area contributed by atoms with Crippen LogP contribution in [0, 0.1) is 0 Å². The minimum Gasteiger partial charge on any atom is -0.457 e. The number of nitrogens with zero attached hydrogens (tertiary/aromatic N) is 1. The first kappa shape index (κ1) is 27.7. The van der Waals surface area contributed by atoms with E-state index in [2.05, 4.69) is 193 Å². The van der Waals surface area contributed by atoms with Crippen LogP contribution in [0.1, 0.15) is 22.3 Å². The van der Waals surface area contributed by atoms with E-state index in [4.69, 9.17) is 4.74 Å². The Balaban J connectivity index is 1.27. The summed E-state index contributed by atoms with van der Waals surface area (Å²) in [6.45, 7) is 0. The van der Waals surface area contributed by atoms with Gasteiger partial charge in [-0.15, -0.1) is 0 Å². The number of anilines is 3. The van der Waals surface area contributed by atoms with Gasteiger partial charge in [-0.3, -0.25) is 0 Å².